The van der Waals surface area contributed by atoms with Crippen molar-refractivity contribution < 1.29 is 13.2 Å². The number of carbonyl (C=O) groups is 1. The second kappa shape index (κ2) is 9.21. The normalized spacial score (nSPS) is 17.5. The van der Waals surface area contributed by atoms with Gasteiger partial charge in [0.05, 0.1) is 22.6 Å². The summed E-state index contributed by atoms with van der Waals surface area (Å²) in [6.45, 7) is 4.03. The third-order valence-corrected chi connectivity index (χ3v) is 9.11. The van der Waals surface area contributed by atoms with Gasteiger partial charge in [0.25, 0.3) is 5.56 Å². The van der Waals surface area contributed by atoms with Crippen molar-refractivity contribution >= 4 is 49.1 Å². The zero-order valence-electron chi connectivity index (χ0n) is 17.6. The molecule has 0 bridgehead atoms. The lowest BCUT2D eigenvalue weighted by atomic mass is 10.1. The Hall–Kier alpha value is -2.43. The Morgan fingerprint density at radius 2 is 2.12 bits per heavy atom. The number of nitrogens with zero attached hydrogens (tertiary/aromatic N) is 3. The minimum atomic E-state index is -3.07. The average Bonchev–Trinajstić information content (AvgIpc) is 3.37. The molecule has 0 unspecified atom stereocenters. The van der Waals surface area contributed by atoms with Crippen molar-refractivity contribution in [2.24, 2.45) is 0 Å². The van der Waals surface area contributed by atoms with Gasteiger partial charge in [-0.05, 0) is 12.0 Å². The van der Waals surface area contributed by atoms with E-state index in [0.29, 0.717) is 21.8 Å². The van der Waals surface area contributed by atoms with Gasteiger partial charge in [0.2, 0.25) is 5.91 Å². The molecule has 3 aromatic rings. The van der Waals surface area contributed by atoms with Gasteiger partial charge in [-0.15, -0.1) is 17.9 Å². The minimum absolute atomic E-state index is 0.00272. The standard InChI is InChI=1S/C22H23N3O4S3/c1-3-10-25-21(27)19-17(15-7-5-4-6-8-15)12-30-20(19)23-22(25)31-13-18(26)24(2)16-9-11-32(28,29)14-16/h3-8,12,16H,1,9-11,13-14H2,2H3/t16-/m1/s1. The van der Waals surface area contributed by atoms with Gasteiger partial charge >= 0.3 is 0 Å². The average molecular weight is 490 g/mol. The summed E-state index contributed by atoms with van der Waals surface area (Å²) in [6.07, 6.45) is 2.09. The van der Waals surface area contributed by atoms with Crippen LogP contribution in [-0.2, 0) is 21.2 Å². The van der Waals surface area contributed by atoms with Crippen LogP contribution < -0.4 is 5.56 Å². The Kier molecular flexibility index (Phi) is 6.55. The molecule has 1 atom stereocenters. The Balaban J connectivity index is 1.61. The number of hydrogen-bond donors (Lipinski definition) is 0. The first-order valence-corrected chi connectivity index (χ1v) is 13.8. The molecule has 0 N–H and O–H groups in total. The van der Waals surface area contributed by atoms with Crippen molar-refractivity contribution in [2.45, 2.75) is 24.2 Å². The molecule has 1 fully saturated rings. The summed E-state index contributed by atoms with van der Waals surface area (Å²) >= 11 is 2.59. The number of thiophene rings is 1. The second-order valence-electron chi connectivity index (χ2n) is 7.64. The van der Waals surface area contributed by atoms with Crippen LogP contribution in [0.25, 0.3) is 21.3 Å². The SMILES string of the molecule is C=CCn1c(SCC(=O)N(C)[C@@H]2CCS(=O)(=O)C2)nc2scc(-c3ccccc3)c2c1=O. The highest BCUT2D eigenvalue weighted by Gasteiger charge is 2.32. The quantitative estimate of drug-likeness (QED) is 0.288. The number of hydrogen-bond acceptors (Lipinski definition) is 7. The fourth-order valence-corrected chi connectivity index (χ4v) is 7.44. The van der Waals surface area contributed by atoms with Gasteiger partial charge in [0.1, 0.15) is 4.83 Å². The fourth-order valence-electron chi connectivity index (χ4n) is 3.75. The molecule has 0 radical (unpaired) electrons. The number of sulfone groups is 1. The summed E-state index contributed by atoms with van der Waals surface area (Å²) in [5.74, 6) is -0.00328. The Bertz CT molecular complexity index is 1330. The maximum absolute atomic E-state index is 13.4. The van der Waals surface area contributed by atoms with Gasteiger partial charge in [-0.3, -0.25) is 14.2 Å². The molecule has 0 saturated carbocycles. The maximum Gasteiger partial charge on any atom is 0.263 e. The minimum Gasteiger partial charge on any atom is -0.341 e. The summed E-state index contributed by atoms with van der Waals surface area (Å²) in [6, 6.07) is 9.39. The van der Waals surface area contributed by atoms with E-state index in [0.717, 1.165) is 11.1 Å². The van der Waals surface area contributed by atoms with E-state index >= 15 is 0 Å². The molecule has 7 nitrogen and oxygen atoms in total. The summed E-state index contributed by atoms with van der Waals surface area (Å²) < 4.78 is 25.0. The van der Waals surface area contributed by atoms with Crippen LogP contribution in [-0.4, -0.2) is 59.1 Å². The fraction of sp³-hybridized carbons (Fsp3) is 0.318. The first-order valence-electron chi connectivity index (χ1n) is 10.1. The van der Waals surface area contributed by atoms with Gasteiger partial charge in [0, 0.05) is 30.6 Å². The van der Waals surface area contributed by atoms with Crippen LogP contribution in [0.2, 0.25) is 0 Å². The molecule has 4 rings (SSSR count). The van der Waals surface area contributed by atoms with Gasteiger partial charge in [-0.25, -0.2) is 13.4 Å². The smallest absolute Gasteiger partial charge is 0.263 e. The number of thioether (sulfide) groups is 1. The predicted octanol–water partition coefficient (Wildman–Crippen LogP) is 3.05. The van der Waals surface area contributed by atoms with Crippen molar-refractivity contribution in [3.05, 3.63) is 58.7 Å². The number of amides is 1. The van der Waals surface area contributed by atoms with Crippen molar-refractivity contribution in [1.82, 2.24) is 14.5 Å². The van der Waals surface area contributed by atoms with E-state index in [-0.39, 0.29) is 41.3 Å². The Labute approximate surface area is 194 Å². The molecule has 1 amide bonds. The molecule has 32 heavy (non-hydrogen) atoms. The van der Waals surface area contributed by atoms with E-state index < -0.39 is 9.84 Å². The molecule has 10 heteroatoms. The van der Waals surface area contributed by atoms with Gasteiger partial charge in [0.15, 0.2) is 15.0 Å². The van der Waals surface area contributed by atoms with Crippen LogP contribution in [0, 0.1) is 0 Å². The number of aromatic nitrogens is 2. The molecular formula is C22H23N3O4S3. The van der Waals surface area contributed by atoms with Crippen LogP contribution >= 0.6 is 23.1 Å². The van der Waals surface area contributed by atoms with E-state index in [1.165, 1.54) is 32.6 Å². The monoisotopic (exact) mass is 489 g/mol. The predicted molar refractivity (Wildman–Crippen MR) is 130 cm³/mol. The highest BCUT2D eigenvalue weighted by Crippen LogP contribution is 2.32. The molecule has 168 valence electrons. The lowest BCUT2D eigenvalue weighted by molar-refractivity contribution is -0.128. The summed E-state index contributed by atoms with van der Waals surface area (Å²) in [5, 5.41) is 2.94. The molecule has 1 aliphatic rings. The summed E-state index contributed by atoms with van der Waals surface area (Å²) in [4.78, 5) is 32.9. The summed E-state index contributed by atoms with van der Waals surface area (Å²) in [7, 11) is -1.44. The lowest BCUT2D eigenvalue weighted by Gasteiger charge is -2.23. The Morgan fingerprint density at radius 3 is 2.78 bits per heavy atom. The highest BCUT2D eigenvalue weighted by atomic mass is 32.2. The first-order chi connectivity index (χ1) is 15.3. The van der Waals surface area contributed by atoms with Crippen LogP contribution in [0.5, 0.6) is 0 Å². The zero-order valence-corrected chi connectivity index (χ0v) is 20.0. The lowest BCUT2D eigenvalue weighted by Crippen LogP contribution is -2.39. The zero-order chi connectivity index (χ0) is 22.9. The van der Waals surface area contributed by atoms with Gasteiger partial charge in [-0.1, -0.05) is 48.2 Å². The van der Waals surface area contributed by atoms with E-state index in [1.54, 1.807) is 13.1 Å². The number of benzene rings is 1. The molecule has 2 aromatic heterocycles. The highest BCUT2D eigenvalue weighted by molar-refractivity contribution is 7.99. The number of fused-ring (bicyclic) bond motifs is 1. The van der Waals surface area contributed by atoms with Crippen LogP contribution in [0.15, 0.2) is 58.3 Å². The molecule has 1 saturated heterocycles. The first kappa shape index (κ1) is 22.8. The van der Waals surface area contributed by atoms with E-state index in [1.807, 2.05) is 35.7 Å². The van der Waals surface area contributed by atoms with Crippen LogP contribution in [0.3, 0.4) is 0 Å². The van der Waals surface area contributed by atoms with E-state index in [9.17, 15) is 18.0 Å². The molecule has 3 heterocycles. The maximum atomic E-state index is 13.4. The number of carbonyl (C=O) groups excluding carboxylic acids is 1. The van der Waals surface area contributed by atoms with Crippen molar-refractivity contribution in [1.29, 1.82) is 0 Å². The van der Waals surface area contributed by atoms with E-state index in [2.05, 4.69) is 11.6 Å². The van der Waals surface area contributed by atoms with Crippen LogP contribution in [0.1, 0.15) is 6.42 Å². The molecule has 1 aliphatic heterocycles. The van der Waals surface area contributed by atoms with Crippen LogP contribution in [0.4, 0.5) is 0 Å². The molecule has 0 spiro atoms. The van der Waals surface area contributed by atoms with Crippen molar-refractivity contribution in [3.8, 4) is 11.1 Å². The number of allylic oxidation sites excluding steroid dienone is 1. The van der Waals surface area contributed by atoms with Gasteiger partial charge in [-0.2, -0.15) is 0 Å². The van der Waals surface area contributed by atoms with Gasteiger partial charge < -0.3 is 4.90 Å². The summed E-state index contributed by atoms with van der Waals surface area (Å²) in [5.41, 5.74) is 1.63. The molecule has 1 aromatic carbocycles. The van der Waals surface area contributed by atoms with Crippen molar-refractivity contribution in [2.75, 3.05) is 24.3 Å². The topological polar surface area (TPSA) is 89.3 Å². The largest absolute Gasteiger partial charge is 0.341 e. The Morgan fingerprint density at radius 1 is 1.38 bits per heavy atom. The molecule has 0 aliphatic carbocycles. The third kappa shape index (κ3) is 4.53. The van der Waals surface area contributed by atoms with E-state index in [4.69, 9.17) is 0 Å². The number of rotatable bonds is 7. The molecular weight excluding hydrogens is 466 g/mol. The second-order valence-corrected chi connectivity index (χ2v) is 11.7. The third-order valence-electron chi connectivity index (χ3n) is 5.53. The van der Waals surface area contributed by atoms with Crippen molar-refractivity contribution in [3.63, 3.8) is 0 Å².